The Hall–Kier alpha value is -11.4. The van der Waals surface area contributed by atoms with E-state index in [1.807, 2.05) is 72.8 Å². The molecule has 2 aliphatic heterocycles. The van der Waals surface area contributed by atoms with Gasteiger partial charge in [-0.25, -0.2) is 15.0 Å². The third-order valence-electron chi connectivity index (χ3n) is 21.4. The number of rotatable bonds is 9. The van der Waals surface area contributed by atoms with Crippen molar-refractivity contribution in [1.29, 1.82) is 5.26 Å². The number of benzene rings is 12. The average molecular weight is 1350 g/mol. The lowest BCUT2D eigenvalue weighted by Gasteiger charge is -2.44. The van der Waals surface area contributed by atoms with Crippen molar-refractivity contribution < 1.29 is 0 Å². The van der Waals surface area contributed by atoms with Gasteiger partial charge >= 0.3 is 0 Å². The Morgan fingerprint density at radius 2 is 0.702 bits per heavy atom. The van der Waals surface area contributed by atoms with Crippen molar-refractivity contribution in [3.8, 4) is 79.3 Å². The minimum Gasteiger partial charge on any atom is -0.311 e. The lowest BCUT2D eigenvalue weighted by Crippen LogP contribution is -2.61. The first kappa shape index (κ1) is 67.1. The molecule has 8 heteroatoms. The Morgan fingerprint density at radius 3 is 1.14 bits per heavy atom. The Labute approximate surface area is 614 Å². The smallest absolute Gasteiger partial charge is 0.252 e. The Kier molecular flexibility index (Phi) is 16.1. The molecule has 0 N–H and O–H groups in total. The molecule has 0 unspecified atom stereocenters. The van der Waals surface area contributed by atoms with Gasteiger partial charge in [-0.05, 0) is 190 Å². The van der Waals surface area contributed by atoms with Gasteiger partial charge < -0.3 is 14.4 Å². The van der Waals surface area contributed by atoms with Crippen LogP contribution in [0, 0.1) is 11.3 Å². The molecule has 0 amide bonds. The van der Waals surface area contributed by atoms with E-state index >= 15 is 0 Å². The molecule has 0 saturated carbocycles. The fourth-order valence-electron chi connectivity index (χ4n) is 15.4. The van der Waals surface area contributed by atoms with Crippen LogP contribution in [0.2, 0.25) is 0 Å². The third-order valence-corrected chi connectivity index (χ3v) is 21.4. The van der Waals surface area contributed by atoms with Crippen molar-refractivity contribution in [3.05, 3.63) is 294 Å². The van der Waals surface area contributed by atoms with Crippen molar-refractivity contribution >= 4 is 79.0 Å². The van der Waals surface area contributed by atoms with E-state index in [0.717, 1.165) is 89.4 Å². The molecule has 4 heterocycles. The molecule has 0 fully saturated rings. The molecule has 2 aliphatic rings. The van der Waals surface area contributed by atoms with Gasteiger partial charge in [0.1, 0.15) is 0 Å². The number of aromatic nitrogens is 4. The Morgan fingerprint density at radius 1 is 0.298 bits per heavy atom. The molecule has 0 saturated heterocycles. The lowest BCUT2D eigenvalue weighted by molar-refractivity contribution is 0.568. The van der Waals surface area contributed by atoms with Crippen LogP contribution in [0.3, 0.4) is 0 Å². The van der Waals surface area contributed by atoms with Crippen molar-refractivity contribution in [2.45, 2.75) is 131 Å². The van der Waals surface area contributed by atoms with E-state index in [2.05, 4.69) is 312 Å². The van der Waals surface area contributed by atoms with Gasteiger partial charge in [0, 0.05) is 61.6 Å². The molecule has 0 bridgehead atoms. The summed E-state index contributed by atoms with van der Waals surface area (Å²) < 4.78 is 2.37. The number of hydrogen-bond acceptors (Lipinski definition) is 6. The molecular weight excluding hydrogens is 1260 g/mol. The predicted molar refractivity (Wildman–Crippen MR) is 439 cm³/mol. The minimum absolute atomic E-state index is 0.0695. The number of anilines is 6. The second-order valence-electron chi connectivity index (χ2n) is 33.8. The summed E-state index contributed by atoms with van der Waals surface area (Å²) in [4.78, 5) is 20.8. The molecule has 16 rings (SSSR count). The van der Waals surface area contributed by atoms with E-state index < -0.39 is 0 Å². The van der Waals surface area contributed by atoms with Crippen LogP contribution in [0.4, 0.5) is 34.1 Å². The lowest BCUT2D eigenvalue weighted by atomic mass is 9.33. The molecule has 2 aromatic heterocycles. The molecule has 510 valence electrons. The van der Waals surface area contributed by atoms with Crippen LogP contribution in [0.1, 0.15) is 137 Å². The second kappa shape index (κ2) is 25.0. The highest BCUT2D eigenvalue weighted by molar-refractivity contribution is 7.00. The van der Waals surface area contributed by atoms with Gasteiger partial charge in [0.2, 0.25) is 0 Å². The van der Waals surface area contributed by atoms with E-state index in [9.17, 15) is 5.26 Å². The molecule has 7 nitrogen and oxygen atoms in total. The highest BCUT2D eigenvalue weighted by atomic mass is 15.2. The largest absolute Gasteiger partial charge is 0.311 e. The maximum atomic E-state index is 10.7. The monoisotopic (exact) mass is 1350 g/mol. The zero-order valence-electron chi connectivity index (χ0n) is 62.5. The summed E-state index contributed by atoms with van der Waals surface area (Å²) in [6, 6.07) is 98.8. The van der Waals surface area contributed by atoms with Gasteiger partial charge in [0.05, 0.1) is 28.4 Å². The molecule has 0 radical (unpaired) electrons. The second-order valence-corrected chi connectivity index (χ2v) is 33.8. The Balaban J connectivity index is 0.964. The summed E-state index contributed by atoms with van der Waals surface area (Å²) >= 11 is 0. The first-order valence-corrected chi connectivity index (χ1v) is 36.6. The molecule has 12 aromatic carbocycles. The average Bonchev–Trinajstić information content (AvgIpc) is 0.759. The van der Waals surface area contributed by atoms with E-state index in [-0.39, 0.29) is 33.8 Å². The summed E-state index contributed by atoms with van der Waals surface area (Å²) in [6.07, 6.45) is 0. The molecular formula is C96H88BN7. The van der Waals surface area contributed by atoms with Crippen LogP contribution < -0.4 is 26.2 Å². The van der Waals surface area contributed by atoms with Crippen LogP contribution in [0.5, 0.6) is 0 Å². The maximum Gasteiger partial charge on any atom is 0.252 e. The van der Waals surface area contributed by atoms with Crippen molar-refractivity contribution in [2.24, 2.45) is 0 Å². The zero-order valence-corrected chi connectivity index (χ0v) is 62.5. The first-order valence-electron chi connectivity index (χ1n) is 36.6. The third kappa shape index (κ3) is 12.1. The maximum absolute atomic E-state index is 10.7. The predicted octanol–water partition coefficient (Wildman–Crippen LogP) is 23.4. The number of hydrogen-bond donors (Lipinski definition) is 0. The van der Waals surface area contributed by atoms with E-state index in [1.54, 1.807) is 0 Å². The van der Waals surface area contributed by atoms with Crippen molar-refractivity contribution in [1.82, 2.24) is 19.5 Å². The molecule has 0 spiro atoms. The molecule has 0 aliphatic carbocycles. The molecule has 0 atom stereocenters. The zero-order chi connectivity index (χ0) is 72.5. The fraction of sp³-hybridized carbons (Fsp3) is 0.208. The number of fused-ring (bicyclic) bond motifs is 7. The summed E-state index contributed by atoms with van der Waals surface area (Å²) in [7, 11) is 0. The van der Waals surface area contributed by atoms with Crippen molar-refractivity contribution in [3.63, 3.8) is 0 Å². The first-order chi connectivity index (χ1) is 49.6. The van der Waals surface area contributed by atoms with Crippen LogP contribution in [-0.4, -0.2) is 26.2 Å². The fourth-order valence-corrected chi connectivity index (χ4v) is 15.4. The van der Waals surface area contributed by atoms with Crippen LogP contribution >= 0.6 is 0 Å². The highest BCUT2D eigenvalue weighted by Crippen LogP contribution is 2.49. The standard InChI is InChI=1S/C96H88BN7/c1-92(2,3)69-40-41-76-77-51-63(37-43-81(77)104(85(76)58-69)82-42-36-60(59-98)46-78(82)91-100-89(61-28-20-16-21-29-61)99-90(101-91)62-30-22-17-23-31-62)68-54-86-88-87(55-68)103(75-34-26-19-27-35-75)84-45-39-65(67-49-72(95(10,11)12)57-73(50-67)96(13,14)15)53-80(84)97(88)79-52-64(38-44-83(79)102(86)74-32-24-18-25-33-74)66-47-70(93(4,5)6)56-71(48-66)94(7,8)9/h16-58H,1-15H3. The normalized spacial score (nSPS) is 13.1. The van der Waals surface area contributed by atoms with E-state index in [4.69, 9.17) is 15.0 Å². The summed E-state index contributed by atoms with van der Waals surface area (Å²) in [5.41, 5.74) is 29.4. The SMILES string of the molecule is CC(C)(C)c1cc(-c2ccc3c(c2)B2c4cc(-c5cc(C(C)(C)C)cc(C(C)(C)C)c5)ccc4N(c4ccccc4)c4cc(-c5ccc6c(c5)c5ccc(C(C)(C)C)cc5n6-c5ccc(C#N)cc5-c5nc(-c6ccccc6)nc(-c6ccccc6)n5)cc(c42)N3c2ccccc2)cc(C(C)(C)C)c1. The van der Waals surface area contributed by atoms with E-state index in [0.29, 0.717) is 23.0 Å². The number of nitrogens with zero attached hydrogens (tertiary/aromatic N) is 7. The van der Waals surface area contributed by atoms with Crippen LogP contribution in [0.25, 0.3) is 95.0 Å². The van der Waals surface area contributed by atoms with Crippen LogP contribution in [-0.2, 0) is 27.1 Å². The van der Waals surface area contributed by atoms with Gasteiger partial charge in [-0.1, -0.05) is 280 Å². The molecule has 14 aromatic rings. The topological polar surface area (TPSA) is 73.9 Å². The number of para-hydroxylation sites is 2. The van der Waals surface area contributed by atoms with Crippen LogP contribution in [0.15, 0.2) is 261 Å². The minimum atomic E-state index is -0.185. The van der Waals surface area contributed by atoms with Gasteiger partial charge in [0.25, 0.3) is 6.71 Å². The van der Waals surface area contributed by atoms with Gasteiger partial charge in [-0.2, -0.15) is 5.26 Å². The van der Waals surface area contributed by atoms with Gasteiger partial charge in [0.15, 0.2) is 17.5 Å². The van der Waals surface area contributed by atoms with E-state index in [1.165, 1.54) is 66.5 Å². The van der Waals surface area contributed by atoms with Gasteiger partial charge in [-0.3, -0.25) is 0 Å². The highest BCUT2D eigenvalue weighted by Gasteiger charge is 2.44. The molecule has 104 heavy (non-hydrogen) atoms. The summed E-state index contributed by atoms with van der Waals surface area (Å²) in [6.45, 7) is 34.6. The quantitative estimate of drug-likeness (QED) is 0.134. The van der Waals surface area contributed by atoms with Gasteiger partial charge in [-0.15, -0.1) is 0 Å². The van der Waals surface area contributed by atoms with Crippen molar-refractivity contribution in [2.75, 3.05) is 9.80 Å². The summed E-state index contributed by atoms with van der Waals surface area (Å²) in [5.74, 6) is 1.57. The Bertz CT molecular complexity index is 5460. The number of nitriles is 1. The summed E-state index contributed by atoms with van der Waals surface area (Å²) in [5, 5.41) is 12.9.